The first kappa shape index (κ1) is 10.2. The van der Waals surface area contributed by atoms with Gasteiger partial charge in [0.2, 0.25) is 5.95 Å². The molecule has 0 saturated heterocycles. The van der Waals surface area contributed by atoms with Crippen LogP contribution in [-0.4, -0.2) is 16.5 Å². The zero-order valence-electron chi connectivity index (χ0n) is 7.71. The lowest BCUT2D eigenvalue weighted by Gasteiger charge is -2.08. The molecule has 5 heteroatoms. The Morgan fingerprint density at radius 3 is 2.77 bits per heavy atom. The SMILES string of the molecule is CC(C)CNc1cc(Br)nc(N)n1. The van der Waals surface area contributed by atoms with E-state index in [0.717, 1.165) is 12.4 Å². The van der Waals surface area contributed by atoms with Crippen LogP contribution in [0.4, 0.5) is 11.8 Å². The fourth-order valence-corrected chi connectivity index (χ4v) is 1.23. The van der Waals surface area contributed by atoms with E-state index in [-0.39, 0.29) is 5.95 Å². The van der Waals surface area contributed by atoms with Crippen molar-refractivity contribution in [3.8, 4) is 0 Å². The molecule has 4 nitrogen and oxygen atoms in total. The van der Waals surface area contributed by atoms with Crippen LogP contribution in [0.3, 0.4) is 0 Å². The van der Waals surface area contributed by atoms with E-state index in [0.29, 0.717) is 10.5 Å². The summed E-state index contributed by atoms with van der Waals surface area (Å²) < 4.78 is 0.700. The third-order valence-electron chi connectivity index (χ3n) is 1.40. The highest BCUT2D eigenvalue weighted by Crippen LogP contribution is 2.13. The van der Waals surface area contributed by atoms with Gasteiger partial charge in [0, 0.05) is 12.6 Å². The van der Waals surface area contributed by atoms with Gasteiger partial charge in [-0.2, -0.15) is 4.98 Å². The molecule has 0 unspecified atom stereocenters. The predicted molar refractivity (Wildman–Crippen MR) is 57.5 cm³/mol. The highest BCUT2D eigenvalue weighted by atomic mass is 79.9. The van der Waals surface area contributed by atoms with Crippen molar-refractivity contribution < 1.29 is 0 Å². The molecule has 0 radical (unpaired) electrons. The van der Waals surface area contributed by atoms with Gasteiger partial charge in [0.05, 0.1) is 0 Å². The molecule has 0 amide bonds. The maximum absolute atomic E-state index is 5.47. The van der Waals surface area contributed by atoms with Gasteiger partial charge in [-0.15, -0.1) is 0 Å². The summed E-state index contributed by atoms with van der Waals surface area (Å²) in [6, 6.07) is 1.80. The van der Waals surface area contributed by atoms with Gasteiger partial charge < -0.3 is 11.1 Å². The van der Waals surface area contributed by atoms with E-state index in [1.807, 2.05) is 0 Å². The number of hydrogen-bond acceptors (Lipinski definition) is 4. The third-order valence-corrected chi connectivity index (χ3v) is 1.81. The smallest absolute Gasteiger partial charge is 0.223 e. The minimum absolute atomic E-state index is 0.278. The van der Waals surface area contributed by atoms with E-state index >= 15 is 0 Å². The Kier molecular flexibility index (Phi) is 3.48. The summed E-state index contributed by atoms with van der Waals surface area (Å²) in [7, 11) is 0. The summed E-state index contributed by atoms with van der Waals surface area (Å²) in [6.45, 7) is 5.14. The topological polar surface area (TPSA) is 63.8 Å². The van der Waals surface area contributed by atoms with Gasteiger partial charge in [0.25, 0.3) is 0 Å². The fourth-order valence-electron chi connectivity index (χ4n) is 0.834. The van der Waals surface area contributed by atoms with E-state index in [4.69, 9.17) is 5.73 Å². The van der Waals surface area contributed by atoms with Crippen molar-refractivity contribution in [1.82, 2.24) is 9.97 Å². The van der Waals surface area contributed by atoms with Crippen LogP contribution in [0.25, 0.3) is 0 Å². The Balaban J connectivity index is 2.66. The molecule has 1 aromatic heterocycles. The first-order valence-corrected chi connectivity index (χ1v) is 4.91. The summed E-state index contributed by atoms with van der Waals surface area (Å²) in [5.74, 6) is 1.61. The molecule has 13 heavy (non-hydrogen) atoms. The van der Waals surface area contributed by atoms with Crippen molar-refractivity contribution in [3.63, 3.8) is 0 Å². The Bertz CT molecular complexity index is 267. The monoisotopic (exact) mass is 244 g/mol. The summed E-state index contributed by atoms with van der Waals surface area (Å²) in [4.78, 5) is 7.94. The van der Waals surface area contributed by atoms with Crippen LogP contribution in [0.5, 0.6) is 0 Å². The molecule has 1 aromatic rings. The molecule has 0 spiro atoms. The Labute approximate surface area is 86.1 Å². The maximum Gasteiger partial charge on any atom is 0.223 e. The number of nitrogens with zero attached hydrogens (tertiary/aromatic N) is 2. The first-order valence-electron chi connectivity index (χ1n) is 4.12. The number of aromatic nitrogens is 2. The summed E-state index contributed by atoms with van der Waals surface area (Å²) in [5.41, 5.74) is 5.47. The molecule has 0 aliphatic rings. The number of nitrogens with two attached hydrogens (primary N) is 1. The quantitative estimate of drug-likeness (QED) is 0.798. The molecule has 0 saturated carbocycles. The van der Waals surface area contributed by atoms with Crippen LogP contribution in [0, 0.1) is 5.92 Å². The number of hydrogen-bond donors (Lipinski definition) is 2. The Morgan fingerprint density at radius 2 is 2.23 bits per heavy atom. The third kappa shape index (κ3) is 3.59. The normalized spacial score (nSPS) is 10.5. The summed E-state index contributed by atoms with van der Waals surface area (Å²) in [6.07, 6.45) is 0. The number of anilines is 2. The van der Waals surface area contributed by atoms with Gasteiger partial charge in [0.15, 0.2) is 0 Å². The zero-order chi connectivity index (χ0) is 9.84. The summed E-state index contributed by atoms with van der Waals surface area (Å²) >= 11 is 3.25. The second kappa shape index (κ2) is 4.41. The first-order chi connectivity index (χ1) is 6.08. The van der Waals surface area contributed by atoms with Crippen LogP contribution in [-0.2, 0) is 0 Å². The lowest BCUT2D eigenvalue weighted by molar-refractivity contribution is 0.687. The van der Waals surface area contributed by atoms with Crippen LogP contribution in [0.1, 0.15) is 13.8 Å². The summed E-state index contributed by atoms with van der Waals surface area (Å²) in [5, 5.41) is 3.16. The molecule has 0 atom stereocenters. The van der Waals surface area contributed by atoms with Gasteiger partial charge in [-0.3, -0.25) is 0 Å². The lowest BCUT2D eigenvalue weighted by Crippen LogP contribution is -2.10. The van der Waals surface area contributed by atoms with E-state index in [2.05, 4.69) is 45.1 Å². The van der Waals surface area contributed by atoms with Crippen LogP contribution in [0.2, 0.25) is 0 Å². The molecule has 0 aliphatic heterocycles. The Hall–Kier alpha value is -0.840. The van der Waals surface area contributed by atoms with Crippen LogP contribution < -0.4 is 11.1 Å². The van der Waals surface area contributed by atoms with Crippen molar-refractivity contribution in [1.29, 1.82) is 0 Å². The Morgan fingerprint density at radius 1 is 1.54 bits per heavy atom. The molecule has 0 aromatic carbocycles. The van der Waals surface area contributed by atoms with Gasteiger partial charge >= 0.3 is 0 Å². The van der Waals surface area contributed by atoms with Crippen molar-refractivity contribution in [2.45, 2.75) is 13.8 Å². The number of halogens is 1. The maximum atomic E-state index is 5.47. The van der Waals surface area contributed by atoms with Crippen LogP contribution in [0.15, 0.2) is 10.7 Å². The van der Waals surface area contributed by atoms with Crippen molar-refractivity contribution >= 4 is 27.7 Å². The molecule has 3 N–H and O–H groups in total. The molecule has 1 heterocycles. The highest BCUT2D eigenvalue weighted by Gasteiger charge is 2.00. The van der Waals surface area contributed by atoms with Crippen molar-refractivity contribution in [2.75, 3.05) is 17.6 Å². The second-order valence-electron chi connectivity index (χ2n) is 3.21. The number of nitrogen functional groups attached to an aromatic ring is 1. The predicted octanol–water partition coefficient (Wildman–Crippen LogP) is 1.89. The van der Waals surface area contributed by atoms with Crippen molar-refractivity contribution in [2.24, 2.45) is 5.92 Å². The number of nitrogens with one attached hydrogen (secondary N) is 1. The minimum atomic E-state index is 0.278. The highest BCUT2D eigenvalue weighted by molar-refractivity contribution is 9.10. The minimum Gasteiger partial charge on any atom is -0.370 e. The van der Waals surface area contributed by atoms with Gasteiger partial charge in [0.1, 0.15) is 10.4 Å². The largest absolute Gasteiger partial charge is 0.370 e. The van der Waals surface area contributed by atoms with Gasteiger partial charge in [-0.1, -0.05) is 13.8 Å². The van der Waals surface area contributed by atoms with E-state index in [1.54, 1.807) is 6.07 Å². The molecule has 0 fully saturated rings. The average Bonchev–Trinajstić information content (AvgIpc) is 1.99. The molecule has 0 aliphatic carbocycles. The molecule has 0 bridgehead atoms. The average molecular weight is 245 g/mol. The lowest BCUT2D eigenvalue weighted by atomic mass is 10.2. The van der Waals surface area contributed by atoms with Crippen molar-refractivity contribution in [3.05, 3.63) is 10.7 Å². The van der Waals surface area contributed by atoms with Gasteiger partial charge in [-0.05, 0) is 21.8 Å². The number of rotatable bonds is 3. The van der Waals surface area contributed by atoms with Crippen LogP contribution >= 0.6 is 15.9 Å². The molecular weight excluding hydrogens is 232 g/mol. The van der Waals surface area contributed by atoms with Gasteiger partial charge in [-0.25, -0.2) is 4.98 Å². The van der Waals surface area contributed by atoms with E-state index in [1.165, 1.54) is 0 Å². The molecule has 72 valence electrons. The second-order valence-corrected chi connectivity index (χ2v) is 4.02. The molecular formula is C8H13BrN4. The van der Waals surface area contributed by atoms with E-state index in [9.17, 15) is 0 Å². The van der Waals surface area contributed by atoms with E-state index < -0.39 is 0 Å². The fraction of sp³-hybridized carbons (Fsp3) is 0.500. The standard InChI is InChI=1S/C8H13BrN4/c1-5(2)4-11-7-3-6(9)12-8(10)13-7/h3,5H,4H2,1-2H3,(H3,10,11,12,13). The zero-order valence-corrected chi connectivity index (χ0v) is 9.30. The molecule has 1 rings (SSSR count).